The van der Waals surface area contributed by atoms with Crippen molar-refractivity contribution in [1.82, 2.24) is 5.32 Å². The van der Waals surface area contributed by atoms with E-state index in [2.05, 4.69) is 5.32 Å². The van der Waals surface area contributed by atoms with Crippen molar-refractivity contribution in [2.24, 2.45) is 0 Å². The lowest BCUT2D eigenvalue weighted by atomic mass is 9.93. The Morgan fingerprint density at radius 3 is 1.42 bits per heavy atom. The van der Waals surface area contributed by atoms with Gasteiger partial charge in [-0.2, -0.15) is 0 Å². The van der Waals surface area contributed by atoms with Gasteiger partial charge < -0.3 is 119 Å². The van der Waals surface area contributed by atoms with Gasteiger partial charge in [-0.3, -0.25) is 4.79 Å². The molecule has 5 rings (SSSR count). The number of hydrogen-bond donors (Lipinski definition) is 15. The highest BCUT2D eigenvalue weighted by Crippen LogP contribution is 2.37. The summed E-state index contributed by atoms with van der Waals surface area (Å²) in [5.74, 6) is -0.811. The number of carbonyl (C=O) groups excluding carboxylic acids is 1. The molecule has 15 N–H and O–H groups in total. The SMILES string of the molecule is CC(=O)NC1C(OC2C(O)C(O)OC(CO)C2O)OC(CO)C(OC2OC(CO)C(O)C(O)C2OC2OC(C)C(O)C(O)C2O)C1OC1OC(C)C(O)C(O)C1O. The van der Waals surface area contributed by atoms with Gasteiger partial charge in [-0.05, 0) is 13.8 Å². The van der Waals surface area contributed by atoms with Crippen molar-refractivity contribution in [3.8, 4) is 0 Å². The van der Waals surface area contributed by atoms with Gasteiger partial charge in [0, 0.05) is 6.92 Å². The molecule has 0 aromatic carbocycles. The highest BCUT2D eigenvalue weighted by molar-refractivity contribution is 5.73. The molecule has 0 aliphatic carbocycles. The largest absolute Gasteiger partial charge is 0.394 e. The van der Waals surface area contributed by atoms with Gasteiger partial charge in [-0.25, -0.2) is 0 Å². The minimum absolute atomic E-state index is 0.811. The number of ether oxygens (including phenoxy) is 9. The van der Waals surface area contributed by atoms with Crippen LogP contribution in [0.4, 0.5) is 0 Å². The fraction of sp³-hybridized carbons (Fsp3) is 0.969. The summed E-state index contributed by atoms with van der Waals surface area (Å²) in [6, 6.07) is -1.70. The average molecular weight is 838 g/mol. The van der Waals surface area contributed by atoms with E-state index in [0.29, 0.717) is 0 Å². The third kappa shape index (κ3) is 9.71. The second-order valence-electron chi connectivity index (χ2n) is 14.7. The highest BCUT2D eigenvalue weighted by Gasteiger charge is 2.57. The summed E-state index contributed by atoms with van der Waals surface area (Å²) in [7, 11) is 0. The number of hydrogen-bond acceptors (Lipinski definition) is 24. The van der Waals surface area contributed by atoms with Gasteiger partial charge in [0.05, 0.1) is 32.0 Å². The zero-order chi connectivity index (χ0) is 42.2. The fourth-order valence-electron chi connectivity index (χ4n) is 7.29. The Bertz CT molecular complexity index is 1290. The van der Waals surface area contributed by atoms with E-state index in [-0.39, 0.29) is 0 Å². The van der Waals surface area contributed by atoms with Crippen LogP contribution in [-0.2, 0) is 47.4 Å². The number of rotatable bonds is 12. The lowest BCUT2D eigenvalue weighted by Gasteiger charge is -2.52. The molecule has 0 aromatic rings. The summed E-state index contributed by atoms with van der Waals surface area (Å²) in [5, 5.41) is 150. The smallest absolute Gasteiger partial charge is 0.217 e. The number of carbonyl (C=O) groups is 1. The lowest BCUT2D eigenvalue weighted by Crippen LogP contribution is -2.71. The molecule has 25 heteroatoms. The maximum Gasteiger partial charge on any atom is 0.217 e. The number of amides is 1. The summed E-state index contributed by atoms with van der Waals surface area (Å²) in [6.07, 6.45) is -42.5. The molecule has 57 heavy (non-hydrogen) atoms. The molecule has 25 nitrogen and oxygen atoms in total. The predicted molar refractivity (Wildman–Crippen MR) is 175 cm³/mol. The Balaban J connectivity index is 1.54. The molecule has 5 aliphatic heterocycles. The van der Waals surface area contributed by atoms with Crippen LogP contribution in [0.5, 0.6) is 0 Å². The van der Waals surface area contributed by atoms with Gasteiger partial charge in [-0.1, -0.05) is 0 Å². The van der Waals surface area contributed by atoms with Crippen LogP contribution in [0.2, 0.25) is 0 Å². The Morgan fingerprint density at radius 1 is 0.456 bits per heavy atom. The first kappa shape index (κ1) is 46.6. The molecule has 5 saturated heterocycles. The fourth-order valence-corrected chi connectivity index (χ4v) is 7.29. The quantitative estimate of drug-likeness (QED) is 0.0867. The number of nitrogens with one attached hydrogen (secondary N) is 1. The van der Waals surface area contributed by atoms with Crippen LogP contribution >= 0.6 is 0 Å². The highest BCUT2D eigenvalue weighted by atomic mass is 16.8. The van der Waals surface area contributed by atoms with Crippen molar-refractivity contribution in [1.29, 1.82) is 0 Å². The third-order valence-corrected chi connectivity index (χ3v) is 10.6. The average Bonchev–Trinajstić information content (AvgIpc) is 3.18. The zero-order valence-electron chi connectivity index (χ0n) is 30.9. The molecular formula is C32H55NO24. The molecule has 0 radical (unpaired) electrons. The van der Waals surface area contributed by atoms with Crippen LogP contribution in [0, 0.1) is 0 Å². The molecule has 332 valence electrons. The van der Waals surface area contributed by atoms with Crippen LogP contribution in [0.25, 0.3) is 0 Å². The second kappa shape index (κ2) is 19.5. The summed E-state index contributed by atoms with van der Waals surface area (Å²) >= 11 is 0. The van der Waals surface area contributed by atoms with E-state index in [1.165, 1.54) is 13.8 Å². The first-order valence-corrected chi connectivity index (χ1v) is 18.3. The Morgan fingerprint density at radius 2 is 0.912 bits per heavy atom. The molecule has 0 bridgehead atoms. The van der Waals surface area contributed by atoms with E-state index < -0.39 is 179 Å². The van der Waals surface area contributed by atoms with Gasteiger partial charge in [0.15, 0.2) is 31.5 Å². The zero-order valence-corrected chi connectivity index (χ0v) is 30.9. The van der Waals surface area contributed by atoms with E-state index in [9.17, 15) is 76.3 Å². The van der Waals surface area contributed by atoms with Crippen molar-refractivity contribution in [3.63, 3.8) is 0 Å². The minimum atomic E-state index is -2.02. The van der Waals surface area contributed by atoms with Crippen LogP contribution in [0.3, 0.4) is 0 Å². The molecular weight excluding hydrogens is 782 g/mol. The molecule has 25 unspecified atom stereocenters. The Labute approximate surface area is 324 Å². The molecule has 0 spiro atoms. The topological polar surface area (TPSA) is 395 Å². The van der Waals surface area contributed by atoms with Crippen molar-refractivity contribution in [2.75, 3.05) is 19.8 Å². The summed E-state index contributed by atoms with van der Waals surface area (Å²) in [6.45, 7) is 0.931. The second-order valence-corrected chi connectivity index (χ2v) is 14.7. The first-order chi connectivity index (χ1) is 26.8. The predicted octanol–water partition coefficient (Wildman–Crippen LogP) is -9.73. The van der Waals surface area contributed by atoms with E-state index in [1.54, 1.807) is 0 Å². The van der Waals surface area contributed by atoms with Crippen LogP contribution in [0.15, 0.2) is 0 Å². The van der Waals surface area contributed by atoms with Gasteiger partial charge in [0.2, 0.25) is 5.91 Å². The molecule has 25 atom stereocenters. The Kier molecular flexibility index (Phi) is 16.0. The summed E-state index contributed by atoms with van der Waals surface area (Å²) < 4.78 is 51.9. The standard InChI is InChI=1S/C32H55NO24/c1-7-14(38)18(42)21(45)30(49-7)55-25-13(33-9(3)37)29(56-26-17(41)11(5-35)51-28(48)23(26)47)53-12(6-36)24(25)54-32-27(20(44)16(40)10(4-34)52-32)57-31-22(46)19(43)15(39)8(2)50-31/h7-8,10-32,34-36,38-48H,4-6H2,1-3H3,(H,33,37). The van der Waals surface area contributed by atoms with Crippen molar-refractivity contribution < 1.29 is 119 Å². The molecule has 0 aromatic heterocycles. The first-order valence-electron chi connectivity index (χ1n) is 18.3. The van der Waals surface area contributed by atoms with E-state index in [4.69, 9.17) is 42.6 Å². The van der Waals surface area contributed by atoms with Crippen molar-refractivity contribution in [2.45, 2.75) is 174 Å². The van der Waals surface area contributed by atoms with E-state index >= 15 is 0 Å². The van der Waals surface area contributed by atoms with Gasteiger partial charge in [0.1, 0.15) is 110 Å². The van der Waals surface area contributed by atoms with Gasteiger partial charge in [0.25, 0.3) is 0 Å². The monoisotopic (exact) mass is 837 g/mol. The maximum atomic E-state index is 12.7. The number of aliphatic hydroxyl groups excluding tert-OH is 14. The van der Waals surface area contributed by atoms with Crippen molar-refractivity contribution >= 4 is 5.91 Å². The molecule has 0 saturated carbocycles. The lowest BCUT2D eigenvalue weighted by molar-refractivity contribution is -0.398. The number of aliphatic hydroxyl groups is 14. The normalized spacial score (nSPS) is 52.3. The van der Waals surface area contributed by atoms with Crippen LogP contribution in [0.1, 0.15) is 20.8 Å². The van der Waals surface area contributed by atoms with Crippen molar-refractivity contribution in [3.05, 3.63) is 0 Å². The van der Waals surface area contributed by atoms with Crippen LogP contribution in [-0.4, -0.2) is 251 Å². The van der Waals surface area contributed by atoms with E-state index in [1.807, 2.05) is 0 Å². The molecule has 1 amide bonds. The third-order valence-electron chi connectivity index (χ3n) is 10.6. The molecule has 5 aliphatic rings. The Hall–Kier alpha value is -1.45. The van der Waals surface area contributed by atoms with Crippen LogP contribution < -0.4 is 5.32 Å². The molecule has 5 fully saturated rings. The molecule has 5 heterocycles. The van der Waals surface area contributed by atoms with Gasteiger partial charge >= 0.3 is 0 Å². The van der Waals surface area contributed by atoms with Gasteiger partial charge in [-0.15, -0.1) is 0 Å². The maximum absolute atomic E-state index is 12.7. The summed E-state index contributed by atoms with van der Waals surface area (Å²) in [4.78, 5) is 12.7. The summed E-state index contributed by atoms with van der Waals surface area (Å²) in [5.41, 5.74) is 0. The minimum Gasteiger partial charge on any atom is -0.394 e. The van der Waals surface area contributed by atoms with E-state index in [0.717, 1.165) is 6.92 Å².